The lowest BCUT2D eigenvalue weighted by atomic mass is 9.72. The average Bonchev–Trinajstić information content (AvgIpc) is 3.08. The van der Waals surface area contributed by atoms with Crippen molar-refractivity contribution in [3.63, 3.8) is 0 Å². The largest absolute Gasteiger partial charge is 0.465 e. The molecule has 21 heavy (non-hydrogen) atoms. The fourth-order valence-electron chi connectivity index (χ4n) is 2.82. The molecule has 108 valence electrons. The highest BCUT2D eigenvalue weighted by Crippen LogP contribution is 2.43. The van der Waals surface area contributed by atoms with E-state index in [-0.39, 0.29) is 0 Å². The van der Waals surface area contributed by atoms with Gasteiger partial charge in [0.05, 0.1) is 5.41 Å². The lowest BCUT2D eigenvalue weighted by Crippen LogP contribution is -2.27. The van der Waals surface area contributed by atoms with Gasteiger partial charge in [0.2, 0.25) is 0 Å². The molecule has 0 saturated carbocycles. The molecule has 0 aliphatic heterocycles. The normalized spacial score (nSPS) is 21.9. The Labute approximate surface area is 124 Å². The van der Waals surface area contributed by atoms with Gasteiger partial charge < -0.3 is 8.83 Å². The van der Waals surface area contributed by atoms with Crippen LogP contribution in [0.3, 0.4) is 0 Å². The summed E-state index contributed by atoms with van der Waals surface area (Å²) in [5.41, 5.74) is 1.34. The molecule has 0 radical (unpaired) electrons. The van der Waals surface area contributed by atoms with Gasteiger partial charge in [-0.2, -0.15) is 0 Å². The van der Waals surface area contributed by atoms with Crippen molar-refractivity contribution in [2.75, 3.05) is 0 Å². The van der Waals surface area contributed by atoms with Crippen LogP contribution in [0, 0.1) is 13.8 Å². The quantitative estimate of drug-likeness (QED) is 0.786. The second-order valence-electron chi connectivity index (χ2n) is 5.76. The number of hydrogen-bond donors (Lipinski definition) is 0. The Bertz CT molecular complexity index is 742. The van der Waals surface area contributed by atoms with Gasteiger partial charge in [-0.25, -0.2) is 0 Å². The fourth-order valence-corrected chi connectivity index (χ4v) is 2.82. The lowest BCUT2D eigenvalue weighted by Gasteiger charge is -2.31. The van der Waals surface area contributed by atoms with E-state index in [4.69, 9.17) is 8.83 Å². The molecule has 0 amide bonds. The summed E-state index contributed by atoms with van der Waals surface area (Å²) in [6.45, 7) is 5.87. The molecule has 1 unspecified atom stereocenters. The summed E-state index contributed by atoms with van der Waals surface area (Å²) < 4.78 is 11.5. The molecule has 3 nitrogen and oxygen atoms in total. The third kappa shape index (κ3) is 2.29. The van der Waals surface area contributed by atoms with Crippen molar-refractivity contribution in [2.45, 2.75) is 32.6 Å². The van der Waals surface area contributed by atoms with E-state index in [2.05, 4.69) is 0 Å². The van der Waals surface area contributed by atoms with Crippen LogP contribution in [0.5, 0.6) is 0 Å². The molecule has 3 rings (SSSR count). The van der Waals surface area contributed by atoms with Crippen LogP contribution >= 0.6 is 0 Å². The first kappa shape index (κ1) is 13.7. The maximum absolute atomic E-state index is 11.4. The molecule has 0 spiro atoms. The van der Waals surface area contributed by atoms with E-state index in [0.717, 1.165) is 40.5 Å². The summed E-state index contributed by atoms with van der Waals surface area (Å²) in [5, 5.41) is 0. The molecule has 3 heteroatoms. The van der Waals surface area contributed by atoms with Gasteiger partial charge in [0.15, 0.2) is 0 Å². The van der Waals surface area contributed by atoms with Crippen LogP contribution in [0.2, 0.25) is 0 Å². The molecule has 1 aliphatic rings. The van der Waals surface area contributed by atoms with E-state index in [1.165, 1.54) is 0 Å². The maximum Gasteiger partial charge on any atom is 0.147 e. The summed E-state index contributed by atoms with van der Waals surface area (Å²) >= 11 is 0. The molecule has 0 bridgehead atoms. The molecular weight excluding hydrogens is 264 g/mol. The zero-order chi connectivity index (χ0) is 15.0. The maximum atomic E-state index is 11.4. The van der Waals surface area contributed by atoms with E-state index in [0.29, 0.717) is 6.42 Å². The van der Waals surface area contributed by atoms with Crippen LogP contribution in [0.15, 0.2) is 50.8 Å². The molecule has 1 aliphatic carbocycles. The van der Waals surface area contributed by atoms with Crippen LogP contribution < -0.4 is 0 Å². The minimum absolute atomic E-state index is 0.458. The zero-order valence-corrected chi connectivity index (χ0v) is 12.5. The van der Waals surface area contributed by atoms with Crippen LogP contribution in [0.4, 0.5) is 0 Å². The number of allylic oxidation sites excluding steroid dienone is 4. The summed E-state index contributed by atoms with van der Waals surface area (Å²) in [7, 11) is 0. The van der Waals surface area contributed by atoms with E-state index < -0.39 is 5.41 Å². The molecule has 1 atom stereocenters. The Morgan fingerprint density at radius 1 is 1.05 bits per heavy atom. The Balaban J connectivity index is 2.04. The average molecular weight is 282 g/mol. The number of furan rings is 2. The molecule has 2 heterocycles. The monoisotopic (exact) mass is 282 g/mol. The Morgan fingerprint density at radius 3 is 2.33 bits per heavy atom. The lowest BCUT2D eigenvalue weighted by molar-refractivity contribution is -0.105. The summed E-state index contributed by atoms with van der Waals surface area (Å²) in [6, 6.07) is 7.79. The molecule has 2 aromatic heterocycles. The highest BCUT2D eigenvalue weighted by atomic mass is 16.3. The van der Waals surface area contributed by atoms with Gasteiger partial charge in [0.1, 0.15) is 29.3 Å². The molecule has 0 aromatic carbocycles. The van der Waals surface area contributed by atoms with Crippen molar-refractivity contribution in [3.05, 3.63) is 65.0 Å². The third-order valence-corrected chi connectivity index (χ3v) is 4.11. The van der Waals surface area contributed by atoms with Gasteiger partial charge in [-0.3, -0.25) is 4.79 Å². The number of carbonyl (C=O) groups excluding carboxylic acids is 1. The summed E-state index contributed by atoms with van der Waals surface area (Å²) in [4.78, 5) is 11.4. The van der Waals surface area contributed by atoms with Crippen molar-refractivity contribution in [1.82, 2.24) is 0 Å². The summed E-state index contributed by atoms with van der Waals surface area (Å²) in [5.74, 6) is 3.39. The van der Waals surface area contributed by atoms with E-state index >= 15 is 0 Å². The van der Waals surface area contributed by atoms with Crippen molar-refractivity contribution < 1.29 is 13.6 Å². The van der Waals surface area contributed by atoms with Crippen LogP contribution in [-0.4, -0.2) is 6.29 Å². The van der Waals surface area contributed by atoms with Crippen molar-refractivity contribution in [3.8, 4) is 0 Å². The first-order valence-corrected chi connectivity index (χ1v) is 7.03. The highest BCUT2D eigenvalue weighted by molar-refractivity contribution is 5.83. The van der Waals surface area contributed by atoms with Gasteiger partial charge in [0.25, 0.3) is 0 Å². The van der Waals surface area contributed by atoms with Gasteiger partial charge in [-0.15, -0.1) is 0 Å². The summed E-state index contributed by atoms with van der Waals surface area (Å²) in [6.07, 6.45) is 5.41. The number of rotatable bonds is 3. The number of carbonyl (C=O) groups is 1. The highest BCUT2D eigenvalue weighted by Gasteiger charge is 2.37. The Kier molecular flexibility index (Phi) is 3.20. The van der Waals surface area contributed by atoms with Crippen LogP contribution in [0.25, 0.3) is 5.57 Å². The standard InChI is InChI=1S/C18H18O3/c1-12-4-8-16(20-12)14-6-7-15(11-19)18(3,10-14)17-9-5-13(2)21-17/h4-9,11H,10H2,1-3H3. The fraction of sp³-hybridized carbons (Fsp3) is 0.278. The van der Waals surface area contributed by atoms with Crippen molar-refractivity contribution in [2.24, 2.45) is 0 Å². The molecular formula is C18H18O3. The topological polar surface area (TPSA) is 43.4 Å². The first-order chi connectivity index (χ1) is 10.0. The van der Waals surface area contributed by atoms with E-state index in [9.17, 15) is 4.79 Å². The number of hydrogen-bond acceptors (Lipinski definition) is 3. The van der Waals surface area contributed by atoms with Gasteiger partial charge in [-0.1, -0.05) is 12.2 Å². The van der Waals surface area contributed by atoms with Gasteiger partial charge in [-0.05, 0) is 57.0 Å². The number of aldehydes is 1. The Hall–Kier alpha value is -2.29. The third-order valence-electron chi connectivity index (χ3n) is 4.11. The van der Waals surface area contributed by atoms with Crippen LogP contribution in [-0.2, 0) is 10.2 Å². The smallest absolute Gasteiger partial charge is 0.147 e. The molecule has 0 N–H and O–H groups in total. The second-order valence-corrected chi connectivity index (χ2v) is 5.76. The first-order valence-electron chi connectivity index (χ1n) is 7.03. The minimum atomic E-state index is -0.458. The molecule has 2 aromatic rings. The Morgan fingerprint density at radius 2 is 1.76 bits per heavy atom. The predicted octanol–water partition coefficient (Wildman–Crippen LogP) is 4.36. The predicted molar refractivity (Wildman–Crippen MR) is 81.0 cm³/mol. The number of aryl methyl sites for hydroxylation is 2. The SMILES string of the molecule is Cc1ccc(C2=CC=C(C=O)C(C)(c3ccc(C)o3)C2)o1. The molecule has 0 fully saturated rings. The van der Waals surface area contributed by atoms with Gasteiger partial charge in [0, 0.05) is 5.57 Å². The zero-order valence-electron chi connectivity index (χ0n) is 12.5. The van der Waals surface area contributed by atoms with E-state index in [1.807, 2.05) is 57.2 Å². The van der Waals surface area contributed by atoms with Crippen LogP contribution in [0.1, 0.15) is 36.4 Å². The minimum Gasteiger partial charge on any atom is -0.465 e. The van der Waals surface area contributed by atoms with Crippen molar-refractivity contribution in [1.29, 1.82) is 0 Å². The molecule has 0 saturated heterocycles. The second kappa shape index (κ2) is 4.92. The van der Waals surface area contributed by atoms with E-state index in [1.54, 1.807) is 0 Å². The van der Waals surface area contributed by atoms with Crippen molar-refractivity contribution >= 4 is 11.9 Å². The van der Waals surface area contributed by atoms with Gasteiger partial charge >= 0.3 is 0 Å².